The van der Waals surface area contributed by atoms with Crippen LogP contribution in [0.5, 0.6) is 5.75 Å². The maximum Gasteiger partial charge on any atom is 0.456 e. The number of hydrogen-bond acceptors (Lipinski definition) is 2. The summed E-state index contributed by atoms with van der Waals surface area (Å²) in [5.74, 6) is -5.68. The van der Waals surface area contributed by atoms with Gasteiger partial charge < -0.3 is 9.84 Å². The van der Waals surface area contributed by atoms with Crippen molar-refractivity contribution >= 4 is 27.5 Å². The Balaban J connectivity index is 3.38. The lowest BCUT2D eigenvalue weighted by atomic mass is 10.0. The van der Waals surface area contributed by atoms with Crippen molar-refractivity contribution in [2.24, 2.45) is 0 Å². The molecular weight excluding hydrogens is 362 g/mol. The lowest BCUT2D eigenvalue weighted by Gasteiger charge is -2.26. The number of aliphatic hydroxyl groups is 1. The number of ether oxygens (including phenoxy) is 1. The van der Waals surface area contributed by atoms with Crippen LogP contribution < -0.4 is 4.74 Å². The summed E-state index contributed by atoms with van der Waals surface area (Å²) in [4.78, 5) is 0. The second-order valence-corrected chi connectivity index (χ2v) is 4.82. The summed E-state index contributed by atoms with van der Waals surface area (Å²) in [6.07, 6.45) is -9.02. The average Bonchev–Trinajstić information content (AvgIpc) is 2.25. The van der Waals surface area contributed by atoms with Crippen LogP contribution >= 0.6 is 27.5 Å². The molecular formula is C10H7BrClF5O2. The van der Waals surface area contributed by atoms with Crippen LogP contribution in [0.2, 0.25) is 5.02 Å². The Morgan fingerprint density at radius 2 is 1.79 bits per heavy atom. The molecule has 0 aliphatic rings. The minimum atomic E-state index is -5.90. The third kappa shape index (κ3) is 3.11. The van der Waals surface area contributed by atoms with E-state index in [1.165, 1.54) is 6.07 Å². The largest absolute Gasteiger partial charge is 0.495 e. The van der Waals surface area contributed by atoms with Crippen molar-refractivity contribution in [3.8, 4) is 5.75 Å². The molecule has 0 fully saturated rings. The second-order valence-electron chi connectivity index (χ2n) is 3.53. The van der Waals surface area contributed by atoms with E-state index in [-0.39, 0.29) is 15.2 Å². The molecule has 9 heteroatoms. The van der Waals surface area contributed by atoms with Crippen molar-refractivity contribution in [1.82, 2.24) is 0 Å². The number of hydrogen-bond donors (Lipinski definition) is 1. The van der Waals surface area contributed by atoms with Gasteiger partial charge in [0.2, 0.25) is 0 Å². The quantitative estimate of drug-likeness (QED) is 0.803. The normalized spacial score (nSPS) is 14.4. The minimum absolute atomic E-state index is 0.0505. The minimum Gasteiger partial charge on any atom is -0.495 e. The Hall–Kier alpha value is -0.600. The molecule has 2 nitrogen and oxygen atoms in total. The first-order valence-electron chi connectivity index (χ1n) is 4.68. The van der Waals surface area contributed by atoms with Crippen LogP contribution in [0.1, 0.15) is 11.7 Å². The highest BCUT2D eigenvalue weighted by Crippen LogP contribution is 2.48. The highest BCUT2D eigenvalue weighted by molar-refractivity contribution is 9.10. The fourth-order valence-corrected chi connectivity index (χ4v) is 2.34. The third-order valence-electron chi connectivity index (χ3n) is 2.26. The predicted molar refractivity (Wildman–Crippen MR) is 61.7 cm³/mol. The standard InChI is InChI=1S/C10H7BrClF5O2/c1-19-7-5(2-4(12)3-6(7)11)8(18)9(13,14)10(15,16)17/h2-3,8,18H,1H3. The Bertz CT molecular complexity index is 478. The van der Waals surface area contributed by atoms with E-state index in [0.29, 0.717) is 0 Å². The van der Waals surface area contributed by atoms with Gasteiger partial charge >= 0.3 is 12.1 Å². The maximum atomic E-state index is 13.1. The van der Waals surface area contributed by atoms with Crippen LogP contribution in [0, 0.1) is 0 Å². The molecule has 1 N–H and O–H groups in total. The topological polar surface area (TPSA) is 29.5 Å². The summed E-state index contributed by atoms with van der Waals surface area (Å²) in [6.45, 7) is 0. The molecule has 1 unspecified atom stereocenters. The highest BCUT2D eigenvalue weighted by atomic mass is 79.9. The van der Waals surface area contributed by atoms with Gasteiger partial charge in [-0.15, -0.1) is 0 Å². The average molecular weight is 370 g/mol. The van der Waals surface area contributed by atoms with Gasteiger partial charge in [-0.25, -0.2) is 0 Å². The molecule has 0 saturated heterocycles. The fraction of sp³-hybridized carbons (Fsp3) is 0.400. The summed E-state index contributed by atoms with van der Waals surface area (Å²) in [5.41, 5.74) is -0.760. The SMILES string of the molecule is COc1c(Br)cc(Cl)cc1C(O)C(F)(F)C(F)(F)F. The first kappa shape index (κ1) is 16.5. The maximum absolute atomic E-state index is 13.1. The monoisotopic (exact) mass is 368 g/mol. The molecule has 1 atom stereocenters. The van der Waals surface area contributed by atoms with Crippen LogP contribution in [-0.2, 0) is 0 Å². The third-order valence-corrected chi connectivity index (χ3v) is 3.06. The van der Waals surface area contributed by atoms with Crippen molar-refractivity contribution < 1.29 is 31.8 Å². The molecule has 1 aromatic rings. The van der Waals surface area contributed by atoms with Gasteiger partial charge in [-0.2, -0.15) is 22.0 Å². The van der Waals surface area contributed by atoms with E-state index in [1.807, 2.05) is 0 Å². The number of aliphatic hydroxyl groups excluding tert-OH is 1. The lowest BCUT2D eigenvalue weighted by molar-refractivity contribution is -0.315. The van der Waals surface area contributed by atoms with E-state index in [9.17, 15) is 27.1 Å². The molecule has 0 aromatic heterocycles. The van der Waals surface area contributed by atoms with E-state index in [0.717, 1.165) is 13.2 Å². The molecule has 1 aromatic carbocycles. The molecule has 0 saturated carbocycles. The first-order valence-corrected chi connectivity index (χ1v) is 5.85. The summed E-state index contributed by atoms with van der Waals surface area (Å²) in [6, 6.07) is 2.03. The van der Waals surface area contributed by atoms with Crippen LogP contribution in [0.4, 0.5) is 22.0 Å². The molecule has 108 valence electrons. The molecule has 19 heavy (non-hydrogen) atoms. The van der Waals surface area contributed by atoms with Gasteiger partial charge in [0.05, 0.1) is 11.6 Å². The van der Waals surface area contributed by atoms with E-state index >= 15 is 0 Å². The first-order chi connectivity index (χ1) is 8.52. The Morgan fingerprint density at radius 3 is 2.21 bits per heavy atom. The molecule has 0 bridgehead atoms. The number of halogens is 7. The van der Waals surface area contributed by atoms with E-state index in [2.05, 4.69) is 15.9 Å². The van der Waals surface area contributed by atoms with E-state index in [4.69, 9.17) is 16.3 Å². The molecule has 0 aliphatic heterocycles. The number of alkyl halides is 5. The summed E-state index contributed by atoms with van der Waals surface area (Å²) in [7, 11) is 1.07. The zero-order chi connectivity index (χ0) is 15.0. The molecule has 0 radical (unpaired) electrons. The van der Waals surface area contributed by atoms with Crippen LogP contribution in [-0.4, -0.2) is 24.3 Å². The van der Waals surface area contributed by atoms with Crippen molar-refractivity contribution in [3.05, 3.63) is 27.2 Å². The summed E-state index contributed by atoms with van der Waals surface area (Å²) >= 11 is 8.46. The summed E-state index contributed by atoms with van der Waals surface area (Å²) in [5, 5.41) is 9.19. The second kappa shape index (κ2) is 5.41. The Kier molecular flexibility index (Phi) is 4.69. The Morgan fingerprint density at radius 1 is 1.26 bits per heavy atom. The van der Waals surface area contributed by atoms with Gasteiger partial charge in [-0.1, -0.05) is 11.6 Å². The Labute approximate surface area is 118 Å². The lowest BCUT2D eigenvalue weighted by Crippen LogP contribution is -2.42. The van der Waals surface area contributed by atoms with Gasteiger partial charge in [0, 0.05) is 10.6 Å². The van der Waals surface area contributed by atoms with Gasteiger partial charge in [0.25, 0.3) is 0 Å². The van der Waals surface area contributed by atoms with Crippen molar-refractivity contribution in [2.45, 2.75) is 18.2 Å². The van der Waals surface area contributed by atoms with Gasteiger partial charge in [-0.3, -0.25) is 0 Å². The predicted octanol–water partition coefficient (Wildman–Crippen LogP) is 4.34. The molecule has 1 rings (SSSR count). The van der Waals surface area contributed by atoms with E-state index < -0.39 is 23.8 Å². The molecule has 0 aliphatic carbocycles. The van der Waals surface area contributed by atoms with Crippen molar-refractivity contribution in [1.29, 1.82) is 0 Å². The van der Waals surface area contributed by atoms with Gasteiger partial charge in [-0.05, 0) is 28.1 Å². The number of benzene rings is 1. The smallest absolute Gasteiger partial charge is 0.456 e. The number of methoxy groups -OCH3 is 1. The van der Waals surface area contributed by atoms with Crippen molar-refractivity contribution in [3.63, 3.8) is 0 Å². The highest BCUT2D eigenvalue weighted by Gasteiger charge is 2.63. The zero-order valence-electron chi connectivity index (χ0n) is 9.23. The van der Waals surface area contributed by atoms with Crippen LogP contribution in [0.15, 0.2) is 16.6 Å². The molecule has 0 amide bonds. The van der Waals surface area contributed by atoms with Crippen LogP contribution in [0.25, 0.3) is 0 Å². The van der Waals surface area contributed by atoms with E-state index in [1.54, 1.807) is 0 Å². The fourth-order valence-electron chi connectivity index (χ4n) is 1.35. The van der Waals surface area contributed by atoms with Crippen molar-refractivity contribution in [2.75, 3.05) is 7.11 Å². The van der Waals surface area contributed by atoms with Gasteiger partial charge in [0.15, 0.2) is 6.10 Å². The zero-order valence-corrected chi connectivity index (χ0v) is 11.6. The van der Waals surface area contributed by atoms with Gasteiger partial charge in [0.1, 0.15) is 5.75 Å². The summed E-state index contributed by atoms with van der Waals surface area (Å²) < 4.78 is 67.6. The van der Waals surface area contributed by atoms with Crippen LogP contribution in [0.3, 0.4) is 0 Å². The molecule has 0 spiro atoms. The number of rotatable bonds is 3. The molecule has 0 heterocycles.